The molecule has 106 valence electrons. The molecular weight excluding hydrogens is 288 g/mol. The number of benzene rings is 1. The second-order valence-electron chi connectivity index (χ2n) is 4.80. The zero-order chi connectivity index (χ0) is 14.8. The number of hydrogen-bond donors (Lipinski definition) is 0. The molecule has 21 heavy (non-hydrogen) atoms. The topological polar surface area (TPSA) is 39.4 Å². The number of carbonyl (C=O) groups is 1. The molecule has 2 aromatic rings. The molecule has 0 aliphatic carbocycles. The van der Waals surface area contributed by atoms with Crippen LogP contribution in [-0.4, -0.2) is 12.4 Å². The van der Waals surface area contributed by atoms with Gasteiger partial charge in [-0.1, -0.05) is 17.7 Å². The number of halogens is 1. The Morgan fingerprint density at radius 3 is 2.90 bits per heavy atom. The first-order chi connectivity index (χ1) is 10.1. The molecule has 0 unspecified atom stereocenters. The van der Waals surface area contributed by atoms with Crippen LogP contribution in [0.4, 0.5) is 0 Å². The van der Waals surface area contributed by atoms with Gasteiger partial charge in [-0.2, -0.15) is 0 Å². The van der Waals surface area contributed by atoms with Gasteiger partial charge in [0.05, 0.1) is 0 Å². The summed E-state index contributed by atoms with van der Waals surface area (Å²) in [5.41, 5.74) is 1.82. The Hall–Kier alpha value is -2.26. The van der Waals surface area contributed by atoms with Crippen LogP contribution in [0.15, 0.2) is 52.5 Å². The Labute approximate surface area is 127 Å². The zero-order valence-corrected chi connectivity index (χ0v) is 12.2. The summed E-state index contributed by atoms with van der Waals surface area (Å²) in [6, 6.07) is 8.90. The van der Waals surface area contributed by atoms with Gasteiger partial charge in [-0.15, -0.1) is 0 Å². The van der Waals surface area contributed by atoms with Crippen LogP contribution in [0, 0.1) is 6.92 Å². The average Bonchev–Trinajstić information content (AvgIpc) is 2.91. The van der Waals surface area contributed by atoms with Crippen LogP contribution < -0.4 is 4.74 Å². The lowest BCUT2D eigenvalue weighted by Gasteiger charge is -2.16. The molecule has 1 aliphatic heterocycles. The van der Waals surface area contributed by atoms with Crippen molar-refractivity contribution in [1.82, 2.24) is 0 Å². The molecule has 0 N–H and O–H groups in total. The maximum absolute atomic E-state index is 11.9. The highest BCUT2D eigenvalue weighted by atomic mass is 35.5. The minimum Gasteiger partial charge on any atom is -0.488 e. The van der Waals surface area contributed by atoms with Crippen LogP contribution in [0.5, 0.6) is 5.75 Å². The third kappa shape index (κ3) is 3.09. The number of aryl methyl sites for hydroxylation is 1. The molecule has 0 fully saturated rings. The summed E-state index contributed by atoms with van der Waals surface area (Å²) in [4.78, 5) is 11.9. The molecule has 3 nitrogen and oxygen atoms in total. The van der Waals surface area contributed by atoms with Gasteiger partial charge in [0, 0.05) is 10.6 Å². The van der Waals surface area contributed by atoms with Crippen molar-refractivity contribution in [3.63, 3.8) is 0 Å². The summed E-state index contributed by atoms with van der Waals surface area (Å²) in [7, 11) is 0. The van der Waals surface area contributed by atoms with Crippen LogP contribution >= 0.6 is 11.6 Å². The van der Waals surface area contributed by atoms with E-state index in [9.17, 15) is 4.79 Å². The standard InChI is InChI=1S/C17H13ClO3/c1-11-2-6-17(21-11)15(19)5-3-12-8-13-9-14(18)4-7-16(13)20-10-12/h2-9H,10H2,1H3/b5-3+. The van der Waals surface area contributed by atoms with Crippen molar-refractivity contribution in [2.45, 2.75) is 6.92 Å². The summed E-state index contributed by atoms with van der Waals surface area (Å²) in [6.07, 6.45) is 5.19. The Kier molecular flexibility index (Phi) is 3.67. The number of ketones is 1. The van der Waals surface area contributed by atoms with Gasteiger partial charge in [0.25, 0.3) is 0 Å². The van der Waals surface area contributed by atoms with Gasteiger partial charge in [0.2, 0.25) is 5.78 Å². The monoisotopic (exact) mass is 300 g/mol. The van der Waals surface area contributed by atoms with E-state index in [0.717, 1.165) is 22.6 Å². The third-order valence-corrected chi connectivity index (χ3v) is 3.37. The van der Waals surface area contributed by atoms with Crippen LogP contribution in [0.3, 0.4) is 0 Å². The van der Waals surface area contributed by atoms with E-state index < -0.39 is 0 Å². The van der Waals surface area contributed by atoms with Gasteiger partial charge < -0.3 is 9.15 Å². The maximum atomic E-state index is 11.9. The van der Waals surface area contributed by atoms with Crippen LogP contribution in [0.1, 0.15) is 21.9 Å². The quantitative estimate of drug-likeness (QED) is 0.621. The minimum atomic E-state index is -0.166. The summed E-state index contributed by atoms with van der Waals surface area (Å²) in [5.74, 6) is 1.69. The second-order valence-corrected chi connectivity index (χ2v) is 5.23. The van der Waals surface area contributed by atoms with E-state index in [0.29, 0.717) is 17.4 Å². The van der Waals surface area contributed by atoms with Crippen molar-refractivity contribution in [3.05, 3.63) is 70.2 Å². The molecule has 0 bridgehead atoms. The maximum Gasteiger partial charge on any atom is 0.221 e. The summed E-state index contributed by atoms with van der Waals surface area (Å²) in [5, 5.41) is 0.654. The first-order valence-electron chi connectivity index (χ1n) is 6.53. The van der Waals surface area contributed by atoms with Crippen molar-refractivity contribution in [3.8, 4) is 5.75 Å². The fourth-order valence-corrected chi connectivity index (χ4v) is 2.27. The van der Waals surface area contributed by atoms with E-state index >= 15 is 0 Å². The highest BCUT2D eigenvalue weighted by Gasteiger charge is 2.11. The molecule has 4 heteroatoms. The molecule has 1 aromatic carbocycles. The molecule has 1 aliphatic rings. The number of fused-ring (bicyclic) bond motifs is 1. The van der Waals surface area contributed by atoms with Gasteiger partial charge >= 0.3 is 0 Å². The number of rotatable bonds is 3. The predicted octanol–water partition coefficient (Wildman–Crippen LogP) is 4.46. The van der Waals surface area contributed by atoms with Crippen LogP contribution in [0.2, 0.25) is 5.02 Å². The number of hydrogen-bond acceptors (Lipinski definition) is 3. The van der Waals surface area contributed by atoms with Gasteiger partial charge in [-0.3, -0.25) is 4.79 Å². The van der Waals surface area contributed by atoms with Gasteiger partial charge in [0.1, 0.15) is 18.1 Å². The van der Waals surface area contributed by atoms with Gasteiger partial charge in [0.15, 0.2) is 5.76 Å². The molecule has 0 atom stereocenters. The normalized spacial score (nSPS) is 13.7. The molecule has 2 heterocycles. The third-order valence-electron chi connectivity index (χ3n) is 3.14. The largest absolute Gasteiger partial charge is 0.488 e. The molecule has 0 saturated carbocycles. The Morgan fingerprint density at radius 1 is 1.29 bits per heavy atom. The molecule has 1 aromatic heterocycles. The highest BCUT2D eigenvalue weighted by Crippen LogP contribution is 2.29. The Balaban J connectivity index is 1.79. The lowest BCUT2D eigenvalue weighted by molar-refractivity contribution is 0.102. The lowest BCUT2D eigenvalue weighted by Crippen LogP contribution is -2.06. The van der Waals surface area contributed by atoms with Crippen molar-refractivity contribution >= 4 is 23.5 Å². The van der Waals surface area contributed by atoms with Gasteiger partial charge in [-0.25, -0.2) is 0 Å². The number of carbonyl (C=O) groups excluding carboxylic acids is 1. The molecular formula is C17H13ClO3. The minimum absolute atomic E-state index is 0.166. The molecule has 0 spiro atoms. The van der Waals surface area contributed by atoms with E-state index in [-0.39, 0.29) is 5.78 Å². The summed E-state index contributed by atoms with van der Waals surface area (Å²) < 4.78 is 10.9. The van der Waals surface area contributed by atoms with Gasteiger partial charge in [-0.05, 0) is 55.0 Å². The Bertz CT molecular complexity index is 753. The van der Waals surface area contributed by atoms with Crippen molar-refractivity contribution in [1.29, 1.82) is 0 Å². The lowest BCUT2D eigenvalue weighted by atomic mass is 10.1. The zero-order valence-electron chi connectivity index (χ0n) is 11.4. The SMILES string of the molecule is Cc1ccc(C(=O)/C=C/C2=Cc3cc(Cl)ccc3OC2)o1. The average molecular weight is 301 g/mol. The molecule has 0 saturated heterocycles. The van der Waals surface area contributed by atoms with Crippen LogP contribution in [0.25, 0.3) is 6.08 Å². The smallest absolute Gasteiger partial charge is 0.221 e. The molecule has 0 radical (unpaired) electrons. The summed E-state index contributed by atoms with van der Waals surface area (Å²) >= 11 is 5.96. The second kappa shape index (κ2) is 5.62. The van der Waals surface area contributed by atoms with E-state index in [1.165, 1.54) is 6.08 Å². The van der Waals surface area contributed by atoms with E-state index in [4.69, 9.17) is 20.8 Å². The number of allylic oxidation sites excluding steroid dienone is 1. The first kappa shape index (κ1) is 13.7. The van der Waals surface area contributed by atoms with E-state index in [1.807, 2.05) is 18.2 Å². The molecule has 3 rings (SSSR count). The number of ether oxygens (including phenoxy) is 1. The fourth-order valence-electron chi connectivity index (χ4n) is 2.09. The highest BCUT2D eigenvalue weighted by molar-refractivity contribution is 6.30. The van der Waals surface area contributed by atoms with Crippen molar-refractivity contribution < 1.29 is 13.9 Å². The fraction of sp³-hybridized carbons (Fsp3) is 0.118. The van der Waals surface area contributed by atoms with Crippen LogP contribution in [-0.2, 0) is 0 Å². The predicted molar refractivity (Wildman–Crippen MR) is 81.8 cm³/mol. The first-order valence-corrected chi connectivity index (χ1v) is 6.91. The van der Waals surface area contributed by atoms with E-state index in [1.54, 1.807) is 31.2 Å². The van der Waals surface area contributed by atoms with Crippen molar-refractivity contribution in [2.75, 3.05) is 6.61 Å². The Morgan fingerprint density at radius 2 is 2.14 bits per heavy atom. The molecule has 0 amide bonds. The van der Waals surface area contributed by atoms with Crippen molar-refractivity contribution in [2.24, 2.45) is 0 Å². The summed E-state index contributed by atoms with van der Waals surface area (Å²) in [6.45, 7) is 2.23. The van der Waals surface area contributed by atoms with E-state index in [2.05, 4.69) is 0 Å². The number of furan rings is 1.